The number of aliphatic hydroxyl groups excluding tert-OH is 1. The minimum Gasteiger partial charge on any atom is -0.447 e. The summed E-state index contributed by atoms with van der Waals surface area (Å²) in [5.74, 6) is 0.378. The molecule has 2 aromatic carbocycles. The standard InChI is InChI=1S/C29H36N4O8S/c1-18(2)15-32(42(37,38)21-9-10-22-27(14-21)40-19(3)30-22)16-25(34)23(13-20-7-5-4-6-8-20)31-28(35)41-26-11-12-33-24(26)17-39-29(33)36/h4-10,14,18,23-26,34H,11-13,15-17H2,1-3H3,(H,31,35)/t23-,24?,25+,26?/m0/s1. The first-order valence-electron chi connectivity index (χ1n) is 14.0. The number of amides is 2. The van der Waals surface area contributed by atoms with E-state index < -0.39 is 40.5 Å². The first-order valence-corrected chi connectivity index (χ1v) is 15.4. The van der Waals surface area contributed by atoms with E-state index in [1.54, 1.807) is 17.9 Å². The number of oxazole rings is 1. The Morgan fingerprint density at radius 3 is 2.71 bits per heavy atom. The zero-order chi connectivity index (χ0) is 30.0. The van der Waals surface area contributed by atoms with Gasteiger partial charge in [-0.15, -0.1) is 0 Å². The van der Waals surface area contributed by atoms with Crippen LogP contribution < -0.4 is 5.32 Å². The third-order valence-electron chi connectivity index (χ3n) is 7.48. The van der Waals surface area contributed by atoms with E-state index in [4.69, 9.17) is 13.9 Å². The SMILES string of the molecule is Cc1nc2ccc(S(=O)(=O)N(CC(C)C)C[C@@H](O)[C@H](Cc3ccccc3)NC(=O)OC3CCN4C(=O)OCC34)cc2o1. The molecule has 0 saturated carbocycles. The molecule has 226 valence electrons. The second-order valence-corrected chi connectivity index (χ2v) is 13.1. The maximum Gasteiger partial charge on any atom is 0.410 e. The summed E-state index contributed by atoms with van der Waals surface area (Å²) < 4.78 is 45.1. The van der Waals surface area contributed by atoms with Gasteiger partial charge in [0.25, 0.3) is 0 Å². The van der Waals surface area contributed by atoms with Crippen LogP contribution in [-0.2, 0) is 25.9 Å². The summed E-state index contributed by atoms with van der Waals surface area (Å²) in [6.45, 7) is 5.91. The first-order chi connectivity index (χ1) is 20.0. The Labute approximate surface area is 244 Å². The highest BCUT2D eigenvalue weighted by Gasteiger charge is 2.45. The number of hydrogen-bond acceptors (Lipinski definition) is 9. The molecule has 2 fully saturated rings. The fourth-order valence-electron chi connectivity index (χ4n) is 5.44. The van der Waals surface area contributed by atoms with Gasteiger partial charge < -0.3 is 24.3 Å². The van der Waals surface area contributed by atoms with Crippen LogP contribution in [-0.4, -0.2) is 90.4 Å². The Morgan fingerprint density at radius 1 is 1.21 bits per heavy atom. The third kappa shape index (κ3) is 6.53. The molecule has 0 aliphatic carbocycles. The van der Waals surface area contributed by atoms with Crippen LogP contribution in [0.5, 0.6) is 0 Å². The lowest BCUT2D eigenvalue weighted by Crippen LogP contribution is -2.52. The lowest BCUT2D eigenvalue weighted by atomic mass is 10.0. The molecule has 3 heterocycles. The van der Waals surface area contributed by atoms with Gasteiger partial charge in [0.15, 0.2) is 11.5 Å². The Balaban J connectivity index is 1.35. The largest absolute Gasteiger partial charge is 0.447 e. The number of cyclic esters (lactones) is 1. The monoisotopic (exact) mass is 600 g/mol. The predicted octanol–water partition coefficient (Wildman–Crippen LogP) is 3.07. The molecular formula is C29H36N4O8S. The van der Waals surface area contributed by atoms with Crippen LogP contribution in [0.2, 0.25) is 0 Å². The molecule has 42 heavy (non-hydrogen) atoms. The van der Waals surface area contributed by atoms with Gasteiger partial charge in [-0.3, -0.25) is 4.90 Å². The van der Waals surface area contributed by atoms with Crippen molar-refractivity contribution >= 4 is 33.3 Å². The number of benzene rings is 2. The van der Waals surface area contributed by atoms with Crippen LogP contribution in [0.15, 0.2) is 57.8 Å². The zero-order valence-electron chi connectivity index (χ0n) is 23.8. The number of carbonyl (C=O) groups excluding carboxylic acids is 2. The summed E-state index contributed by atoms with van der Waals surface area (Å²) >= 11 is 0. The molecule has 0 bridgehead atoms. The first kappa shape index (κ1) is 29.8. The van der Waals surface area contributed by atoms with Crippen molar-refractivity contribution < 1.29 is 37.0 Å². The van der Waals surface area contributed by atoms with E-state index in [9.17, 15) is 23.1 Å². The maximum absolute atomic E-state index is 13.8. The number of hydrogen-bond donors (Lipinski definition) is 2. The fourth-order valence-corrected chi connectivity index (χ4v) is 7.08. The van der Waals surface area contributed by atoms with Crippen molar-refractivity contribution in [1.82, 2.24) is 19.5 Å². The molecular weight excluding hydrogens is 564 g/mol. The third-order valence-corrected chi connectivity index (χ3v) is 9.31. The minimum absolute atomic E-state index is 0.0186. The Kier molecular flexibility index (Phi) is 8.71. The molecule has 5 rings (SSSR count). The average Bonchev–Trinajstić information content (AvgIpc) is 3.63. The normalized spacial score (nSPS) is 20.1. The summed E-state index contributed by atoms with van der Waals surface area (Å²) in [7, 11) is -4.05. The molecule has 2 unspecified atom stereocenters. The molecule has 12 nitrogen and oxygen atoms in total. The second kappa shape index (κ2) is 12.3. The number of nitrogens with zero attached hydrogens (tertiary/aromatic N) is 3. The highest BCUT2D eigenvalue weighted by atomic mass is 32.2. The van der Waals surface area contributed by atoms with Crippen LogP contribution in [0.3, 0.4) is 0 Å². The van der Waals surface area contributed by atoms with E-state index in [1.165, 1.54) is 16.4 Å². The van der Waals surface area contributed by atoms with Gasteiger partial charge in [0.1, 0.15) is 24.3 Å². The van der Waals surface area contributed by atoms with E-state index in [1.807, 2.05) is 44.2 Å². The number of sulfonamides is 1. The number of ether oxygens (including phenoxy) is 2. The number of rotatable bonds is 11. The van der Waals surface area contributed by atoms with E-state index in [-0.39, 0.29) is 43.0 Å². The molecule has 2 aliphatic rings. The highest BCUT2D eigenvalue weighted by Crippen LogP contribution is 2.27. The molecule has 2 N–H and O–H groups in total. The van der Waals surface area contributed by atoms with Crippen molar-refractivity contribution in [2.24, 2.45) is 5.92 Å². The summed E-state index contributed by atoms with van der Waals surface area (Å²) in [6.07, 6.45) is -2.29. The van der Waals surface area contributed by atoms with E-state index in [2.05, 4.69) is 10.3 Å². The summed E-state index contributed by atoms with van der Waals surface area (Å²) in [5.41, 5.74) is 1.74. The molecule has 3 aromatic rings. The lowest BCUT2D eigenvalue weighted by molar-refractivity contribution is 0.0608. The van der Waals surface area contributed by atoms with Crippen molar-refractivity contribution in [2.45, 2.75) is 62.8 Å². The Hall–Kier alpha value is -3.68. The maximum atomic E-state index is 13.8. The van der Waals surface area contributed by atoms with Crippen LogP contribution in [0.4, 0.5) is 9.59 Å². The zero-order valence-corrected chi connectivity index (χ0v) is 24.6. The number of nitrogens with one attached hydrogen (secondary N) is 1. The fraction of sp³-hybridized carbons (Fsp3) is 0.483. The van der Waals surface area contributed by atoms with Crippen LogP contribution in [0, 0.1) is 12.8 Å². The van der Waals surface area contributed by atoms with Gasteiger partial charge in [-0.1, -0.05) is 44.2 Å². The quantitative estimate of drug-likeness (QED) is 0.338. The lowest BCUT2D eigenvalue weighted by Gasteiger charge is -2.31. The molecule has 2 aliphatic heterocycles. The van der Waals surface area contributed by atoms with Crippen molar-refractivity contribution in [1.29, 1.82) is 0 Å². The van der Waals surface area contributed by atoms with Crippen molar-refractivity contribution in [3.63, 3.8) is 0 Å². The van der Waals surface area contributed by atoms with Crippen LogP contribution in [0.1, 0.15) is 31.7 Å². The topological polar surface area (TPSA) is 152 Å². The molecule has 0 spiro atoms. The second-order valence-electron chi connectivity index (χ2n) is 11.2. The van der Waals surface area contributed by atoms with Crippen molar-refractivity contribution in [3.8, 4) is 0 Å². The Morgan fingerprint density at radius 2 is 1.98 bits per heavy atom. The van der Waals surface area contributed by atoms with E-state index in [0.29, 0.717) is 30.0 Å². The number of aliphatic hydroxyl groups is 1. The number of fused-ring (bicyclic) bond motifs is 2. The van der Waals surface area contributed by atoms with Crippen molar-refractivity contribution in [3.05, 3.63) is 60.0 Å². The summed E-state index contributed by atoms with van der Waals surface area (Å²) in [4.78, 5) is 30.7. The van der Waals surface area contributed by atoms with Gasteiger partial charge in [-0.25, -0.2) is 23.0 Å². The van der Waals surface area contributed by atoms with Crippen LogP contribution >= 0.6 is 0 Å². The minimum atomic E-state index is -4.05. The van der Waals surface area contributed by atoms with Gasteiger partial charge in [0, 0.05) is 39.0 Å². The summed E-state index contributed by atoms with van der Waals surface area (Å²) in [6, 6.07) is 12.5. The molecule has 2 saturated heterocycles. The number of aryl methyl sites for hydroxylation is 1. The molecule has 13 heteroatoms. The van der Waals surface area contributed by atoms with Gasteiger partial charge in [0.05, 0.1) is 17.0 Å². The number of aromatic nitrogens is 1. The van der Waals surface area contributed by atoms with Gasteiger partial charge in [0.2, 0.25) is 10.0 Å². The number of alkyl carbamates (subject to hydrolysis) is 1. The van der Waals surface area contributed by atoms with Crippen molar-refractivity contribution in [2.75, 3.05) is 26.2 Å². The smallest absolute Gasteiger partial charge is 0.410 e. The summed E-state index contributed by atoms with van der Waals surface area (Å²) in [5, 5.41) is 14.2. The number of carbonyl (C=O) groups is 2. The Bertz CT molecular complexity index is 1530. The molecule has 0 radical (unpaired) electrons. The van der Waals surface area contributed by atoms with Gasteiger partial charge >= 0.3 is 12.2 Å². The van der Waals surface area contributed by atoms with E-state index >= 15 is 0 Å². The predicted molar refractivity (Wildman–Crippen MR) is 152 cm³/mol. The molecule has 4 atom stereocenters. The molecule has 1 aromatic heterocycles. The van der Waals surface area contributed by atoms with E-state index in [0.717, 1.165) is 5.56 Å². The van der Waals surface area contributed by atoms with Gasteiger partial charge in [-0.05, 0) is 30.0 Å². The average molecular weight is 601 g/mol. The van der Waals surface area contributed by atoms with Gasteiger partial charge in [-0.2, -0.15) is 4.31 Å². The van der Waals surface area contributed by atoms with Crippen LogP contribution in [0.25, 0.3) is 11.1 Å². The molecule has 2 amide bonds. The highest BCUT2D eigenvalue weighted by molar-refractivity contribution is 7.89.